The van der Waals surface area contributed by atoms with Gasteiger partial charge in [-0.3, -0.25) is 9.59 Å². The molecule has 0 fully saturated rings. The number of ether oxygens (including phenoxy) is 1. The Morgan fingerprint density at radius 1 is 1.13 bits per heavy atom. The van der Waals surface area contributed by atoms with Gasteiger partial charge >= 0.3 is 5.97 Å². The minimum atomic E-state index is -0.269. The molecule has 88 valence electrons. The first-order valence-corrected chi connectivity index (χ1v) is 5.73. The van der Waals surface area contributed by atoms with Crippen LogP contribution in [0.5, 0.6) is 0 Å². The zero-order valence-corrected chi connectivity index (χ0v) is 10.0. The van der Waals surface area contributed by atoms with E-state index >= 15 is 0 Å². The summed E-state index contributed by atoms with van der Waals surface area (Å²) in [5, 5.41) is 0. The summed E-state index contributed by atoms with van der Waals surface area (Å²) in [7, 11) is 0. The molecule has 0 unspecified atom stereocenters. The lowest BCUT2D eigenvalue weighted by Crippen LogP contribution is -2.07. The van der Waals surface area contributed by atoms with Gasteiger partial charge in [0.2, 0.25) is 0 Å². The Morgan fingerprint density at radius 2 is 1.80 bits per heavy atom. The van der Waals surface area contributed by atoms with E-state index in [4.69, 9.17) is 4.74 Å². The van der Waals surface area contributed by atoms with Crippen molar-refractivity contribution in [2.24, 2.45) is 5.92 Å². The van der Waals surface area contributed by atoms with Crippen molar-refractivity contribution in [3.63, 3.8) is 0 Å². The first kappa shape index (κ1) is 14.1. The van der Waals surface area contributed by atoms with Gasteiger partial charge in [0.1, 0.15) is 5.78 Å². The Balaban J connectivity index is 3.45. The van der Waals surface area contributed by atoms with E-state index in [0.29, 0.717) is 25.4 Å². The van der Waals surface area contributed by atoms with Crippen LogP contribution in [0.15, 0.2) is 0 Å². The number of Topliss-reactive ketones (excluding diaryl/α,β-unsaturated/α-hetero) is 1. The minimum Gasteiger partial charge on any atom is -0.466 e. The van der Waals surface area contributed by atoms with E-state index in [1.54, 1.807) is 6.92 Å². The molecule has 0 radical (unpaired) electrons. The van der Waals surface area contributed by atoms with Crippen LogP contribution >= 0.6 is 0 Å². The van der Waals surface area contributed by atoms with E-state index in [9.17, 15) is 9.59 Å². The number of carbonyl (C=O) groups excluding carboxylic acids is 2. The fraction of sp³-hybridized carbons (Fsp3) is 0.833. The molecule has 3 heteroatoms. The largest absolute Gasteiger partial charge is 0.466 e. The summed E-state index contributed by atoms with van der Waals surface area (Å²) < 4.78 is 4.74. The highest BCUT2D eigenvalue weighted by atomic mass is 16.5. The summed E-state index contributed by atoms with van der Waals surface area (Å²) in [6.07, 6.45) is 3.16. The Labute approximate surface area is 92.2 Å². The zero-order valence-electron chi connectivity index (χ0n) is 10.0. The van der Waals surface area contributed by atoms with E-state index in [2.05, 4.69) is 13.8 Å². The van der Waals surface area contributed by atoms with E-state index in [1.807, 2.05) is 0 Å². The average Bonchev–Trinajstić information content (AvgIpc) is 2.14. The van der Waals surface area contributed by atoms with E-state index in [-0.39, 0.29) is 18.2 Å². The molecule has 0 aromatic carbocycles. The summed E-state index contributed by atoms with van der Waals surface area (Å²) in [4.78, 5) is 22.3. The lowest BCUT2D eigenvalue weighted by Gasteiger charge is -2.04. The van der Waals surface area contributed by atoms with Gasteiger partial charge in [-0.25, -0.2) is 0 Å². The molecule has 0 aliphatic carbocycles. The monoisotopic (exact) mass is 214 g/mol. The third kappa shape index (κ3) is 9.44. The summed E-state index contributed by atoms with van der Waals surface area (Å²) in [5.74, 6) is 0.543. The second-order valence-electron chi connectivity index (χ2n) is 4.13. The van der Waals surface area contributed by atoms with Gasteiger partial charge < -0.3 is 4.74 Å². The zero-order chi connectivity index (χ0) is 11.7. The normalized spacial score (nSPS) is 10.4. The SMILES string of the molecule is CCOC(=O)CCC(=O)CCCC(C)C. The number of carbonyl (C=O) groups is 2. The van der Waals surface area contributed by atoms with Gasteiger partial charge in [-0.05, 0) is 19.3 Å². The topological polar surface area (TPSA) is 43.4 Å². The van der Waals surface area contributed by atoms with Crippen molar-refractivity contribution in [3.05, 3.63) is 0 Å². The Hall–Kier alpha value is -0.860. The molecule has 0 spiro atoms. The van der Waals surface area contributed by atoms with Crippen molar-refractivity contribution in [3.8, 4) is 0 Å². The van der Waals surface area contributed by atoms with Crippen LogP contribution in [-0.4, -0.2) is 18.4 Å². The predicted octanol–water partition coefficient (Wildman–Crippen LogP) is 2.73. The van der Waals surface area contributed by atoms with E-state index in [1.165, 1.54) is 0 Å². The van der Waals surface area contributed by atoms with Crippen LogP contribution < -0.4 is 0 Å². The standard InChI is InChI=1S/C12H22O3/c1-4-15-12(14)9-8-11(13)7-5-6-10(2)3/h10H,4-9H2,1-3H3. The minimum absolute atomic E-state index is 0.170. The van der Waals surface area contributed by atoms with Crippen molar-refractivity contribution >= 4 is 11.8 Å². The number of hydrogen-bond acceptors (Lipinski definition) is 3. The molecular formula is C12H22O3. The molecule has 0 aliphatic rings. The molecular weight excluding hydrogens is 192 g/mol. The molecule has 0 saturated heterocycles. The van der Waals surface area contributed by atoms with Crippen LogP contribution in [0.2, 0.25) is 0 Å². The first-order chi connectivity index (χ1) is 7.06. The van der Waals surface area contributed by atoms with Gasteiger partial charge in [-0.2, -0.15) is 0 Å². The van der Waals surface area contributed by atoms with Crippen molar-refractivity contribution < 1.29 is 14.3 Å². The Morgan fingerprint density at radius 3 is 2.33 bits per heavy atom. The third-order valence-electron chi connectivity index (χ3n) is 2.15. The molecule has 15 heavy (non-hydrogen) atoms. The molecule has 3 nitrogen and oxygen atoms in total. The van der Waals surface area contributed by atoms with Crippen molar-refractivity contribution in [2.75, 3.05) is 6.61 Å². The lowest BCUT2D eigenvalue weighted by molar-refractivity contribution is -0.144. The number of esters is 1. The van der Waals surface area contributed by atoms with Gasteiger partial charge in [-0.1, -0.05) is 20.3 Å². The van der Waals surface area contributed by atoms with Crippen LogP contribution in [0.3, 0.4) is 0 Å². The molecule has 0 rings (SSSR count). The lowest BCUT2D eigenvalue weighted by atomic mass is 10.0. The number of ketones is 1. The predicted molar refractivity (Wildman–Crippen MR) is 59.6 cm³/mol. The van der Waals surface area contributed by atoms with Gasteiger partial charge in [0.25, 0.3) is 0 Å². The molecule has 0 aromatic rings. The van der Waals surface area contributed by atoms with Gasteiger partial charge in [0.15, 0.2) is 0 Å². The van der Waals surface area contributed by atoms with Crippen molar-refractivity contribution in [2.45, 2.75) is 52.9 Å². The Bertz CT molecular complexity index is 197. The molecule has 0 bridgehead atoms. The maximum Gasteiger partial charge on any atom is 0.306 e. The van der Waals surface area contributed by atoms with Crippen LogP contribution in [0.25, 0.3) is 0 Å². The fourth-order valence-electron chi connectivity index (χ4n) is 1.31. The van der Waals surface area contributed by atoms with E-state index in [0.717, 1.165) is 12.8 Å². The summed E-state index contributed by atoms with van der Waals surface area (Å²) in [5.41, 5.74) is 0. The van der Waals surface area contributed by atoms with Crippen molar-refractivity contribution in [1.82, 2.24) is 0 Å². The molecule has 0 heterocycles. The highest BCUT2D eigenvalue weighted by Crippen LogP contribution is 2.08. The molecule has 0 N–H and O–H groups in total. The summed E-state index contributed by atoms with van der Waals surface area (Å²) in [6, 6.07) is 0. The second-order valence-corrected chi connectivity index (χ2v) is 4.13. The maximum atomic E-state index is 11.3. The third-order valence-corrected chi connectivity index (χ3v) is 2.15. The van der Waals surface area contributed by atoms with Crippen LogP contribution in [-0.2, 0) is 14.3 Å². The Kier molecular flexibility index (Phi) is 7.96. The van der Waals surface area contributed by atoms with Crippen LogP contribution in [0.4, 0.5) is 0 Å². The molecule has 0 saturated carbocycles. The van der Waals surface area contributed by atoms with E-state index < -0.39 is 0 Å². The van der Waals surface area contributed by atoms with Gasteiger partial charge in [-0.15, -0.1) is 0 Å². The van der Waals surface area contributed by atoms with Gasteiger partial charge in [0.05, 0.1) is 13.0 Å². The van der Waals surface area contributed by atoms with Crippen molar-refractivity contribution in [1.29, 1.82) is 0 Å². The fourth-order valence-corrected chi connectivity index (χ4v) is 1.31. The molecule has 0 aromatic heterocycles. The number of hydrogen-bond donors (Lipinski definition) is 0. The average molecular weight is 214 g/mol. The quantitative estimate of drug-likeness (QED) is 0.583. The van der Waals surface area contributed by atoms with Crippen LogP contribution in [0.1, 0.15) is 52.9 Å². The molecule has 0 aliphatic heterocycles. The molecule has 0 atom stereocenters. The summed E-state index contributed by atoms with van der Waals surface area (Å²) in [6.45, 7) is 6.44. The highest BCUT2D eigenvalue weighted by Gasteiger charge is 2.07. The number of rotatable bonds is 8. The first-order valence-electron chi connectivity index (χ1n) is 5.73. The maximum absolute atomic E-state index is 11.3. The smallest absolute Gasteiger partial charge is 0.306 e. The summed E-state index contributed by atoms with van der Waals surface area (Å²) >= 11 is 0. The van der Waals surface area contributed by atoms with Crippen LogP contribution in [0, 0.1) is 5.92 Å². The second kappa shape index (κ2) is 8.45. The highest BCUT2D eigenvalue weighted by molar-refractivity contribution is 5.82. The molecule has 0 amide bonds. The van der Waals surface area contributed by atoms with Gasteiger partial charge in [0, 0.05) is 12.8 Å².